The van der Waals surface area contributed by atoms with E-state index in [1.807, 2.05) is 6.92 Å². The van der Waals surface area contributed by atoms with Crippen molar-refractivity contribution in [3.05, 3.63) is 74.7 Å². The second-order valence-corrected chi connectivity index (χ2v) is 13.6. The van der Waals surface area contributed by atoms with E-state index in [0.29, 0.717) is 47.7 Å². The number of pyridine rings is 1. The van der Waals surface area contributed by atoms with E-state index in [9.17, 15) is 30.8 Å². The zero-order chi connectivity index (χ0) is 31.4. The summed E-state index contributed by atoms with van der Waals surface area (Å²) >= 11 is 6.38. The topological polar surface area (TPSA) is 139 Å². The number of sulfonamides is 1. The predicted octanol–water partition coefficient (Wildman–Crippen LogP) is 4.64. The summed E-state index contributed by atoms with van der Waals surface area (Å²) in [6.45, 7) is 2.40. The molecule has 0 radical (unpaired) electrons. The highest BCUT2D eigenvalue weighted by molar-refractivity contribution is 7.89. The number of nitrogens with one attached hydrogen (secondary N) is 3. The molecule has 1 aromatic carbocycles. The molecule has 3 aromatic rings. The summed E-state index contributed by atoms with van der Waals surface area (Å²) in [5.41, 5.74) is 7.00. The number of halogens is 5. The molecule has 0 bridgehead atoms. The summed E-state index contributed by atoms with van der Waals surface area (Å²) in [5.74, 6) is -2.35. The second-order valence-electron chi connectivity index (χ2n) is 10.5. The Morgan fingerprint density at radius 1 is 1.26 bits per heavy atom. The molecule has 0 aliphatic carbocycles. The van der Waals surface area contributed by atoms with E-state index < -0.39 is 44.9 Å². The molecule has 1 aliphatic heterocycles. The molecular weight excluding hydrogens is 632 g/mol. The number of hydrogen-bond acceptors (Lipinski definition) is 8. The lowest BCUT2D eigenvalue weighted by molar-refractivity contribution is -0.137. The van der Waals surface area contributed by atoms with Gasteiger partial charge in [0, 0.05) is 16.0 Å². The van der Waals surface area contributed by atoms with Crippen molar-refractivity contribution < 1.29 is 30.8 Å². The number of hydrogen-bond donors (Lipinski definition) is 4. The van der Waals surface area contributed by atoms with Crippen LogP contribution in [-0.4, -0.2) is 48.8 Å². The predicted molar refractivity (Wildman–Crippen MR) is 157 cm³/mol. The van der Waals surface area contributed by atoms with Crippen LogP contribution in [0.15, 0.2) is 42.0 Å². The number of rotatable bonds is 11. The lowest BCUT2D eigenvalue weighted by Gasteiger charge is -2.26. The monoisotopic (exact) mass is 662 g/mol. The number of nitrogens with zero attached hydrogens (tertiary/aromatic N) is 2. The molecule has 3 heterocycles. The van der Waals surface area contributed by atoms with E-state index >= 15 is 0 Å². The Bertz CT molecular complexity index is 1520. The highest BCUT2D eigenvalue weighted by Crippen LogP contribution is 2.36. The van der Waals surface area contributed by atoms with Gasteiger partial charge in [-0.15, -0.1) is 11.3 Å². The number of anilines is 1. The van der Waals surface area contributed by atoms with E-state index in [2.05, 4.69) is 25.3 Å². The van der Waals surface area contributed by atoms with E-state index in [1.54, 1.807) is 12.1 Å². The van der Waals surface area contributed by atoms with Crippen LogP contribution in [0, 0.1) is 11.7 Å². The van der Waals surface area contributed by atoms with E-state index in [1.165, 1.54) is 23.7 Å². The van der Waals surface area contributed by atoms with Crippen molar-refractivity contribution in [3.8, 4) is 0 Å². The van der Waals surface area contributed by atoms with Crippen LogP contribution in [-0.2, 0) is 27.4 Å². The molecule has 5 N–H and O–H groups in total. The fourth-order valence-corrected chi connectivity index (χ4v) is 6.92. The van der Waals surface area contributed by atoms with Crippen LogP contribution in [0.3, 0.4) is 0 Å². The summed E-state index contributed by atoms with van der Waals surface area (Å²) in [6.07, 6.45) is -0.793. The second kappa shape index (κ2) is 13.9. The van der Waals surface area contributed by atoms with Crippen molar-refractivity contribution in [1.82, 2.24) is 20.0 Å². The molecule has 1 amide bonds. The van der Waals surface area contributed by atoms with Crippen LogP contribution in [0.5, 0.6) is 0 Å². The largest absolute Gasteiger partial charge is 0.443 e. The van der Waals surface area contributed by atoms with Crippen LogP contribution in [0.1, 0.15) is 53.9 Å². The molecule has 2 aromatic heterocycles. The minimum absolute atomic E-state index is 0.0200. The Hall–Kier alpha value is -2.69. The normalized spacial score (nSPS) is 19.0. The number of benzene rings is 1. The van der Waals surface area contributed by atoms with E-state index in [-0.39, 0.29) is 41.2 Å². The first-order valence-electron chi connectivity index (χ1n) is 13.4. The van der Waals surface area contributed by atoms with Gasteiger partial charge < -0.3 is 16.4 Å². The summed E-state index contributed by atoms with van der Waals surface area (Å²) in [6, 6.07) is 4.76. The lowest BCUT2D eigenvalue weighted by atomic mass is 9.88. The van der Waals surface area contributed by atoms with Crippen LogP contribution >= 0.6 is 22.9 Å². The first-order valence-corrected chi connectivity index (χ1v) is 16.3. The molecule has 0 unspecified atom stereocenters. The minimum atomic E-state index is -4.67. The number of alkyl halides is 3. The molecule has 1 saturated heterocycles. The Kier molecular flexibility index (Phi) is 10.8. The molecular formula is C27H31ClF4N6O3S2. The van der Waals surface area contributed by atoms with Gasteiger partial charge in [-0.1, -0.05) is 30.7 Å². The van der Waals surface area contributed by atoms with Gasteiger partial charge in [0.2, 0.25) is 15.9 Å². The molecule has 234 valence electrons. The van der Waals surface area contributed by atoms with Gasteiger partial charge in [0.1, 0.15) is 5.82 Å². The van der Waals surface area contributed by atoms with Crippen LogP contribution < -0.4 is 21.1 Å². The molecule has 43 heavy (non-hydrogen) atoms. The first-order chi connectivity index (χ1) is 20.2. The van der Waals surface area contributed by atoms with Crippen molar-refractivity contribution in [2.24, 2.45) is 11.7 Å². The third kappa shape index (κ3) is 8.92. The number of carbonyl (C=O) groups is 1. The summed E-state index contributed by atoms with van der Waals surface area (Å²) in [4.78, 5) is 20.9. The van der Waals surface area contributed by atoms with Crippen LogP contribution in [0.2, 0.25) is 5.02 Å². The Morgan fingerprint density at radius 2 is 1.98 bits per heavy atom. The Labute approximate surface area is 255 Å². The van der Waals surface area contributed by atoms with Gasteiger partial charge in [0.05, 0.1) is 47.7 Å². The highest BCUT2D eigenvalue weighted by Gasteiger charge is 2.37. The maximum absolute atomic E-state index is 14.9. The molecule has 0 saturated carbocycles. The summed E-state index contributed by atoms with van der Waals surface area (Å²) in [5, 5.41) is 6.30. The third-order valence-corrected chi connectivity index (χ3v) is 9.69. The zero-order valence-electron chi connectivity index (χ0n) is 23.0. The molecule has 16 heteroatoms. The molecule has 1 fully saturated rings. The average Bonchev–Trinajstić information content (AvgIpc) is 3.43. The standard InChI is InChI=1S/C27H31ClF4N6O3S2/c1-15(11-35-22-3-2-10-43(40,41)38-22)4-9-18-19(29)12-34-13-20(18)36-25(39)24(33)23(16-5-7-17(28)8-6-16)21-14-42-26(37-21)27(30,31)32/h5-8,12-15,22-24,35,38H,2-4,9-11,33H2,1H3,(H,36,39)/t15-,22-,23-,24-/m0/s1. The minimum Gasteiger partial charge on any atom is -0.323 e. The zero-order valence-corrected chi connectivity index (χ0v) is 25.4. The number of carbonyl (C=O) groups excluding carboxylic acids is 1. The Morgan fingerprint density at radius 3 is 2.63 bits per heavy atom. The quantitative estimate of drug-likeness (QED) is 0.219. The van der Waals surface area contributed by atoms with Gasteiger partial charge in [0.25, 0.3) is 0 Å². The molecule has 0 spiro atoms. The lowest BCUT2D eigenvalue weighted by Crippen LogP contribution is -2.50. The van der Waals surface area contributed by atoms with Crippen molar-refractivity contribution in [2.75, 3.05) is 17.6 Å². The van der Waals surface area contributed by atoms with Crippen LogP contribution in [0.25, 0.3) is 0 Å². The van der Waals surface area contributed by atoms with Gasteiger partial charge in [-0.2, -0.15) is 17.9 Å². The SMILES string of the molecule is C[C@@H](CCc1c(F)cncc1NC(=O)[C@@H](N)[C@@H](c1ccc(Cl)cc1)c1csc(C(F)(F)F)n1)CN[C@@H]1CCCS(=O)(=O)N1. The number of amides is 1. The molecule has 4 rings (SSSR count). The maximum atomic E-state index is 14.9. The van der Waals surface area contributed by atoms with Gasteiger partial charge in [-0.25, -0.2) is 17.8 Å². The highest BCUT2D eigenvalue weighted by atomic mass is 35.5. The number of aromatic nitrogens is 2. The summed E-state index contributed by atoms with van der Waals surface area (Å²) in [7, 11) is -3.29. The van der Waals surface area contributed by atoms with Crippen molar-refractivity contribution in [3.63, 3.8) is 0 Å². The maximum Gasteiger partial charge on any atom is 0.443 e. The average molecular weight is 663 g/mol. The van der Waals surface area contributed by atoms with Crippen LogP contribution in [0.4, 0.5) is 23.2 Å². The van der Waals surface area contributed by atoms with E-state index in [0.717, 1.165) is 6.20 Å². The van der Waals surface area contributed by atoms with Crippen molar-refractivity contribution in [1.29, 1.82) is 0 Å². The van der Waals surface area contributed by atoms with Gasteiger partial charge >= 0.3 is 6.18 Å². The smallest absolute Gasteiger partial charge is 0.323 e. The molecule has 9 nitrogen and oxygen atoms in total. The molecule has 4 atom stereocenters. The molecule has 1 aliphatic rings. The summed E-state index contributed by atoms with van der Waals surface area (Å²) < 4.78 is 80.9. The number of nitrogens with two attached hydrogens (primary N) is 1. The van der Waals surface area contributed by atoms with Crippen molar-refractivity contribution in [2.45, 2.75) is 56.9 Å². The number of thiazole rings is 1. The van der Waals surface area contributed by atoms with Gasteiger partial charge in [0.15, 0.2) is 5.01 Å². The van der Waals surface area contributed by atoms with Gasteiger partial charge in [-0.05, 0) is 55.8 Å². The van der Waals surface area contributed by atoms with Crippen molar-refractivity contribution >= 4 is 44.6 Å². The third-order valence-electron chi connectivity index (χ3n) is 7.06. The first kappa shape index (κ1) is 33.2. The fourth-order valence-electron chi connectivity index (χ4n) is 4.77. The fraction of sp³-hybridized carbons (Fsp3) is 0.444. The van der Waals surface area contributed by atoms with Gasteiger partial charge in [-0.3, -0.25) is 9.78 Å². The Balaban J connectivity index is 1.47. The van der Waals surface area contributed by atoms with E-state index in [4.69, 9.17) is 17.3 Å².